The number of nitrogens with zero attached hydrogens (tertiary/aromatic N) is 6. The van der Waals surface area contributed by atoms with E-state index < -0.39 is 5.60 Å². The first-order valence-electron chi connectivity index (χ1n) is 10.7. The molecule has 32 heavy (non-hydrogen) atoms. The molecular weight excluding hydrogens is 408 g/mol. The highest BCUT2D eigenvalue weighted by Gasteiger charge is 2.28. The van der Waals surface area contributed by atoms with Crippen LogP contribution in [0.2, 0.25) is 0 Å². The lowest BCUT2D eigenvalue weighted by Gasteiger charge is -2.33. The highest BCUT2D eigenvalue weighted by Crippen LogP contribution is 2.33. The molecule has 4 heterocycles. The summed E-state index contributed by atoms with van der Waals surface area (Å²) in [6.07, 6.45) is 6.83. The number of carbonyl (C=O) groups is 1. The maximum Gasteiger partial charge on any atom is 0.410 e. The molecule has 0 bridgehead atoms. The van der Waals surface area contributed by atoms with Crippen molar-refractivity contribution >= 4 is 11.6 Å². The molecule has 0 spiro atoms. The van der Waals surface area contributed by atoms with E-state index in [0.29, 0.717) is 29.9 Å². The number of fused-ring (bicyclic) bond motifs is 1. The van der Waals surface area contributed by atoms with Crippen molar-refractivity contribution in [2.24, 2.45) is 0 Å². The van der Waals surface area contributed by atoms with Gasteiger partial charge in [0.05, 0.1) is 25.0 Å². The standard InChI is InChI=1S/C23H28N6O3/c1-15-19(16-10-20(31-5)21-17(11-24)12-25-29(21)13-16)14-28(26-15)18-6-8-27(9-7-18)22(30)32-23(2,3)4/h10,12-14,18H,6-9H2,1-5H3. The van der Waals surface area contributed by atoms with Gasteiger partial charge in [-0.2, -0.15) is 15.5 Å². The number of nitriles is 1. The molecule has 1 amide bonds. The molecule has 0 radical (unpaired) electrons. The number of aryl methyl sites for hydroxylation is 1. The van der Waals surface area contributed by atoms with Gasteiger partial charge in [0.1, 0.15) is 28.5 Å². The van der Waals surface area contributed by atoms with Crippen molar-refractivity contribution in [1.82, 2.24) is 24.3 Å². The monoisotopic (exact) mass is 436 g/mol. The van der Waals surface area contributed by atoms with Crippen molar-refractivity contribution in [2.45, 2.75) is 52.2 Å². The number of rotatable bonds is 3. The van der Waals surface area contributed by atoms with E-state index in [2.05, 4.69) is 11.2 Å². The molecular formula is C23H28N6O3. The second-order valence-electron chi connectivity index (χ2n) is 9.07. The molecule has 0 N–H and O–H groups in total. The summed E-state index contributed by atoms with van der Waals surface area (Å²) in [6, 6.07) is 4.27. The van der Waals surface area contributed by atoms with Crippen molar-refractivity contribution < 1.29 is 14.3 Å². The van der Waals surface area contributed by atoms with E-state index in [9.17, 15) is 10.1 Å². The van der Waals surface area contributed by atoms with Crippen LogP contribution in [-0.2, 0) is 4.74 Å². The lowest BCUT2D eigenvalue weighted by atomic mass is 10.1. The van der Waals surface area contributed by atoms with Crippen LogP contribution >= 0.6 is 0 Å². The van der Waals surface area contributed by atoms with Crippen LogP contribution in [0.5, 0.6) is 5.75 Å². The number of piperidine rings is 1. The molecule has 0 saturated carbocycles. The molecule has 1 aliphatic heterocycles. The smallest absolute Gasteiger partial charge is 0.410 e. The summed E-state index contributed by atoms with van der Waals surface area (Å²) < 4.78 is 14.7. The van der Waals surface area contributed by atoms with Crippen LogP contribution in [0.25, 0.3) is 16.6 Å². The van der Waals surface area contributed by atoms with E-state index in [0.717, 1.165) is 29.7 Å². The number of amides is 1. The third kappa shape index (κ3) is 4.13. The van der Waals surface area contributed by atoms with Gasteiger partial charge >= 0.3 is 6.09 Å². The number of methoxy groups -OCH3 is 1. The van der Waals surface area contributed by atoms with Gasteiger partial charge in [-0.15, -0.1) is 0 Å². The average molecular weight is 437 g/mol. The Labute approximate surface area is 187 Å². The van der Waals surface area contributed by atoms with Gasteiger partial charge in [0.2, 0.25) is 0 Å². The fourth-order valence-corrected chi connectivity index (χ4v) is 4.06. The van der Waals surface area contributed by atoms with E-state index in [1.165, 1.54) is 6.20 Å². The minimum Gasteiger partial charge on any atom is -0.494 e. The number of hydrogen-bond acceptors (Lipinski definition) is 6. The van der Waals surface area contributed by atoms with E-state index >= 15 is 0 Å². The summed E-state index contributed by atoms with van der Waals surface area (Å²) in [5.41, 5.74) is 3.42. The van der Waals surface area contributed by atoms with Crippen LogP contribution in [0.1, 0.15) is 50.9 Å². The van der Waals surface area contributed by atoms with Crippen LogP contribution in [0.3, 0.4) is 0 Å². The second-order valence-corrected chi connectivity index (χ2v) is 9.07. The van der Waals surface area contributed by atoms with Gasteiger partial charge in [-0.3, -0.25) is 4.68 Å². The van der Waals surface area contributed by atoms with E-state index in [1.54, 1.807) is 16.5 Å². The first-order chi connectivity index (χ1) is 15.2. The van der Waals surface area contributed by atoms with Gasteiger partial charge < -0.3 is 14.4 Å². The average Bonchev–Trinajstić information content (AvgIpc) is 3.35. The first kappa shape index (κ1) is 21.7. The molecule has 1 saturated heterocycles. The zero-order valence-electron chi connectivity index (χ0n) is 19.1. The lowest BCUT2D eigenvalue weighted by Crippen LogP contribution is -2.42. The largest absolute Gasteiger partial charge is 0.494 e. The van der Waals surface area contributed by atoms with Gasteiger partial charge in [-0.05, 0) is 46.6 Å². The number of likely N-dealkylation sites (tertiary alicyclic amines) is 1. The molecule has 0 atom stereocenters. The quantitative estimate of drug-likeness (QED) is 0.616. The van der Waals surface area contributed by atoms with E-state index in [4.69, 9.17) is 14.6 Å². The van der Waals surface area contributed by atoms with Crippen LogP contribution < -0.4 is 4.74 Å². The van der Waals surface area contributed by atoms with Crippen LogP contribution in [-0.4, -0.2) is 56.2 Å². The van der Waals surface area contributed by atoms with E-state index in [-0.39, 0.29) is 12.1 Å². The fraction of sp³-hybridized carbons (Fsp3) is 0.478. The Balaban J connectivity index is 1.54. The third-order valence-electron chi connectivity index (χ3n) is 5.64. The SMILES string of the molecule is COc1cc(-c2cn(C3CCN(C(=O)OC(C)(C)C)CC3)nc2C)cn2ncc(C#N)c12. The zero-order chi connectivity index (χ0) is 23.0. The van der Waals surface area contributed by atoms with Gasteiger partial charge in [-0.25, -0.2) is 9.31 Å². The Morgan fingerprint density at radius 3 is 2.59 bits per heavy atom. The van der Waals surface area contributed by atoms with Gasteiger partial charge in [-0.1, -0.05) is 0 Å². The van der Waals surface area contributed by atoms with Gasteiger partial charge in [0.15, 0.2) is 0 Å². The number of carbonyl (C=O) groups excluding carboxylic acids is 1. The van der Waals surface area contributed by atoms with Crippen molar-refractivity contribution in [1.29, 1.82) is 5.26 Å². The Morgan fingerprint density at radius 1 is 1.25 bits per heavy atom. The predicted octanol–water partition coefficient (Wildman–Crippen LogP) is 3.96. The maximum absolute atomic E-state index is 12.3. The summed E-state index contributed by atoms with van der Waals surface area (Å²) in [4.78, 5) is 14.1. The van der Waals surface area contributed by atoms with Crippen molar-refractivity contribution in [2.75, 3.05) is 20.2 Å². The predicted molar refractivity (Wildman–Crippen MR) is 118 cm³/mol. The van der Waals surface area contributed by atoms with Crippen molar-refractivity contribution in [3.05, 3.63) is 35.9 Å². The summed E-state index contributed by atoms with van der Waals surface area (Å²) >= 11 is 0. The summed E-state index contributed by atoms with van der Waals surface area (Å²) in [5, 5.41) is 18.4. The third-order valence-corrected chi connectivity index (χ3v) is 5.64. The lowest BCUT2D eigenvalue weighted by molar-refractivity contribution is 0.0184. The number of pyridine rings is 1. The molecule has 0 unspecified atom stereocenters. The topological polar surface area (TPSA) is 97.7 Å². The molecule has 168 valence electrons. The van der Waals surface area contributed by atoms with E-state index in [1.807, 2.05) is 50.8 Å². The first-order valence-corrected chi connectivity index (χ1v) is 10.7. The highest BCUT2D eigenvalue weighted by atomic mass is 16.6. The summed E-state index contributed by atoms with van der Waals surface area (Å²) in [5.74, 6) is 0.592. The fourth-order valence-electron chi connectivity index (χ4n) is 4.06. The molecule has 4 rings (SSSR count). The second kappa shape index (κ2) is 8.19. The maximum atomic E-state index is 12.3. The Hall–Kier alpha value is -3.54. The minimum atomic E-state index is -0.493. The van der Waals surface area contributed by atoms with Gasteiger partial charge in [0.25, 0.3) is 0 Å². The van der Waals surface area contributed by atoms with Crippen LogP contribution in [0.15, 0.2) is 24.7 Å². The minimum absolute atomic E-state index is 0.210. The Morgan fingerprint density at radius 2 is 1.97 bits per heavy atom. The number of aromatic nitrogens is 4. The molecule has 0 aromatic carbocycles. The zero-order valence-corrected chi connectivity index (χ0v) is 19.1. The molecule has 1 fully saturated rings. The molecule has 9 nitrogen and oxygen atoms in total. The van der Waals surface area contributed by atoms with Crippen molar-refractivity contribution in [3.8, 4) is 22.9 Å². The summed E-state index contributed by atoms with van der Waals surface area (Å²) in [7, 11) is 1.59. The molecule has 3 aromatic heterocycles. The molecule has 9 heteroatoms. The molecule has 1 aliphatic rings. The number of ether oxygens (including phenoxy) is 2. The summed E-state index contributed by atoms with van der Waals surface area (Å²) in [6.45, 7) is 8.88. The van der Waals surface area contributed by atoms with Crippen LogP contribution in [0, 0.1) is 18.3 Å². The van der Waals surface area contributed by atoms with Gasteiger partial charge in [0, 0.05) is 36.6 Å². The van der Waals surface area contributed by atoms with Crippen LogP contribution in [0.4, 0.5) is 4.79 Å². The molecule has 3 aromatic rings. The Kier molecular flexibility index (Phi) is 5.55. The molecule has 0 aliphatic carbocycles. The number of hydrogen-bond donors (Lipinski definition) is 0. The highest BCUT2D eigenvalue weighted by molar-refractivity contribution is 5.76. The van der Waals surface area contributed by atoms with Crippen molar-refractivity contribution in [3.63, 3.8) is 0 Å². The Bertz CT molecular complexity index is 1190. The normalized spacial score (nSPS) is 15.1.